The van der Waals surface area contributed by atoms with Crippen molar-refractivity contribution in [3.8, 4) is 0 Å². The van der Waals surface area contributed by atoms with Gasteiger partial charge < -0.3 is 5.32 Å². The van der Waals surface area contributed by atoms with E-state index in [9.17, 15) is 18.8 Å². The molecule has 27 heavy (non-hydrogen) atoms. The minimum Gasteiger partial charge on any atom is -0.321 e. The Balaban J connectivity index is 1.85. The lowest BCUT2D eigenvalue weighted by Crippen LogP contribution is -2.57. The Kier molecular flexibility index (Phi) is 5.67. The van der Waals surface area contributed by atoms with Gasteiger partial charge in [-0.25, -0.2) is 9.18 Å². The number of urea groups is 1. The van der Waals surface area contributed by atoms with Crippen LogP contribution in [-0.4, -0.2) is 51.4 Å². The largest absolute Gasteiger partial charge is 0.501 e. The third kappa shape index (κ3) is 4.06. The summed E-state index contributed by atoms with van der Waals surface area (Å²) in [5.41, 5.74) is 0.606. The molecular weight excluding hydrogens is 393 g/mol. The summed E-state index contributed by atoms with van der Waals surface area (Å²) in [5.74, 6) is -1.25. The van der Waals surface area contributed by atoms with Gasteiger partial charge in [-0.05, 0) is 35.6 Å². The average molecular weight is 411 g/mol. The fourth-order valence-electron chi connectivity index (χ4n) is 2.87. The second-order valence-corrected chi connectivity index (χ2v) is 8.05. The molecule has 1 unspecified atom stereocenters. The molecule has 0 aliphatic carbocycles. The van der Waals surface area contributed by atoms with E-state index >= 15 is 0 Å². The molecule has 142 valence electrons. The molecule has 0 fully saturated rings. The Labute approximate surface area is 165 Å². The second kappa shape index (κ2) is 7.82. The summed E-state index contributed by atoms with van der Waals surface area (Å²) in [5, 5.41) is 3.90. The molecule has 9 heteroatoms. The number of nitrogens with one attached hydrogen (secondary N) is 1. The van der Waals surface area contributed by atoms with Gasteiger partial charge in [0.05, 0.1) is 17.3 Å². The summed E-state index contributed by atoms with van der Waals surface area (Å²) in [6.45, 7) is 3.78. The van der Waals surface area contributed by atoms with E-state index in [1.54, 1.807) is 11.5 Å². The lowest BCUT2D eigenvalue weighted by Gasteiger charge is -2.25. The van der Waals surface area contributed by atoms with Crippen molar-refractivity contribution in [2.75, 3.05) is 18.4 Å². The molecule has 3 rings (SSSR count). The molecular formula is C18H18ClFN3O3S+. The van der Waals surface area contributed by atoms with E-state index in [2.05, 4.69) is 5.32 Å². The van der Waals surface area contributed by atoms with E-state index in [0.29, 0.717) is 5.71 Å². The number of carbonyl (C=O) groups excluding carboxylic acids is 3. The van der Waals surface area contributed by atoms with Crippen molar-refractivity contribution in [1.29, 1.82) is 0 Å². The summed E-state index contributed by atoms with van der Waals surface area (Å²) in [6.07, 6.45) is 1.67. The predicted molar refractivity (Wildman–Crippen MR) is 103 cm³/mol. The number of allylic oxidation sites excluding steroid dienone is 1. The van der Waals surface area contributed by atoms with Gasteiger partial charge in [0.2, 0.25) is 0 Å². The van der Waals surface area contributed by atoms with Crippen molar-refractivity contribution in [3.63, 3.8) is 0 Å². The fraction of sp³-hybridized carbons (Fsp3) is 0.333. The van der Waals surface area contributed by atoms with E-state index in [1.165, 1.54) is 33.4 Å². The summed E-state index contributed by atoms with van der Waals surface area (Å²) in [7, 11) is 0. The number of hydrogen-bond acceptors (Lipinski definition) is 4. The van der Waals surface area contributed by atoms with E-state index in [0.717, 1.165) is 6.07 Å². The maximum Gasteiger partial charge on any atom is 0.501 e. The zero-order valence-corrected chi connectivity index (χ0v) is 16.3. The van der Waals surface area contributed by atoms with Crippen molar-refractivity contribution in [2.24, 2.45) is 5.92 Å². The van der Waals surface area contributed by atoms with Crippen LogP contribution in [0.4, 0.5) is 14.9 Å². The van der Waals surface area contributed by atoms with Gasteiger partial charge in [-0.1, -0.05) is 25.4 Å². The molecule has 1 aromatic rings. The van der Waals surface area contributed by atoms with Crippen molar-refractivity contribution < 1.29 is 23.3 Å². The number of amides is 4. The van der Waals surface area contributed by atoms with Crippen molar-refractivity contribution in [2.45, 2.75) is 19.1 Å². The molecule has 0 bridgehead atoms. The van der Waals surface area contributed by atoms with Crippen LogP contribution in [0.3, 0.4) is 0 Å². The minimum absolute atomic E-state index is 0.0978. The highest BCUT2D eigenvalue weighted by atomic mass is 35.5. The Morgan fingerprint density at radius 3 is 2.85 bits per heavy atom. The van der Waals surface area contributed by atoms with Crippen LogP contribution >= 0.6 is 23.4 Å². The molecule has 6 nitrogen and oxygen atoms in total. The monoisotopic (exact) mass is 410 g/mol. The van der Waals surface area contributed by atoms with Gasteiger partial charge in [-0.2, -0.15) is 14.3 Å². The molecule has 0 spiro atoms. The first-order valence-corrected chi connectivity index (χ1v) is 9.66. The highest BCUT2D eigenvalue weighted by Crippen LogP contribution is 2.28. The Hall–Kier alpha value is -2.19. The lowest BCUT2D eigenvalue weighted by molar-refractivity contribution is -0.426. The third-order valence-corrected chi connectivity index (χ3v) is 5.38. The molecule has 0 saturated heterocycles. The third-order valence-electron chi connectivity index (χ3n) is 4.04. The number of rotatable bonds is 5. The number of nitrogens with zero attached hydrogens (tertiary/aromatic N) is 2. The highest BCUT2D eigenvalue weighted by Gasteiger charge is 2.49. The first-order valence-electron chi connectivity index (χ1n) is 8.34. The van der Waals surface area contributed by atoms with E-state index in [1.807, 2.05) is 13.8 Å². The average Bonchev–Trinajstić information content (AvgIpc) is 3.08. The van der Waals surface area contributed by atoms with Gasteiger partial charge in [0.15, 0.2) is 11.8 Å². The minimum atomic E-state index is -0.540. The number of carbonyl (C=O) groups is 3. The van der Waals surface area contributed by atoms with Crippen molar-refractivity contribution in [1.82, 2.24) is 4.90 Å². The van der Waals surface area contributed by atoms with Crippen LogP contribution in [-0.2, 0) is 9.59 Å². The van der Waals surface area contributed by atoms with Crippen LogP contribution in [0.5, 0.6) is 0 Å². The normalized spacial score (nSPS) is 19.1. The number of hydrogen-bond donors (Lipinski definition) is 1. The van der Waals surface area contributed by atoms with Crippen LogP contribution in [0.25, 0.3) is 0 Å². The number of benzene rings is 1. The van der Waals surface area contributed by atoms with Gasteiger partial charge in [0.1, 0.15) is 11.5 Å². The standard InChI is InChI=1S/C18H17ClFN3O3S/c1-10(2)8-23-17(25)16-14(5-6-27-16)22(18(23)26)9-15(24)21-13-7-11(20)3-4-12(13)19/h3-7,10,16H,8-9H2,1-2H3/p+1. The fourth-order valence-corrected chi connectivity index (χ4v) is 4.00. The Morgan fingerprint density at radius 1 is 1.41 bits per heavy atom. The van der Waals surface area contributed by atoms with Crippen LogP contribution in [0.1, 0.15) is 13.8 Å². The Bertz CT molecular complexity index is 885. The number of halogens is 2. The van der Waals surface area contributed by atoms with Crippen LogP contribution in [0.2, 0.25) is 5.02 Å². The van der Waals surface area contributed by atoms with E-state index in [-0.39, 0.29) is 35.6 Å². The molecule has 0 saturated carbocycles. The molecule has 0 radical (unpaired) electrons. The number of thioether (sulfide) groups is 1. The van der Waals surface area contributed by atoms with Crippen molar-refractivity contribution >= 4 is 52.6 Å². The van der Waals surface area contributed by atoms with Crippen molar-refractivity contribution in [3.05, 3.63) is 40.5 Å². The number of imide groups is 1. The smallest absolute Gasteiger partial charge is 0.321 e. The molecule has 2 aliphatic rings. The predicted octanol–water partition coefficient (Wildman–Crippen LogP) is 3.12. The Morgan fingerprint density at radius 2 is 2.15 bits per heavy atom. The highest BCUT2D eigenvalue weighted by molar-refractivity contribution is 8.04. The van der Waals surface area contributed by atoms with E-state index < -0.39 is 23.0 Å². The van der Waals surface area contributed by atoms with Gasteiger partial charge in [-0.3, -0.25) is 4.79 Å². The molecule has 1 N–H and O–H groups in total. The SMILES string of the molecule is CC(C)CN1C(=O)C2SC=CC2=[N+](CC(=O)Nc2cc(F)ccc2Cl)C1=O. The van der Waals surface area contributed by atoms with Crippen LogP contribution < -0.4 is 5.32 Å². The first kappa shape index (κ1) is 19.6. The summed E-state index contributed by atoms with van der Waals surface area (Å²) < 4.78 is 14.7. The van der Waals surface area contributed by atoms with Gasteiger partial charge >= 0.3 is 11.9 Å². The molecule has 1 atom stereocenters. The number of fused-ring (bicyclic) bond motifs is 1. The van der Waals surface area contributed by atoms with Gasteiger partial charge in [0, 0.05) is 0 Å². The number of anilines is 1. The maximum atomic E-state index is 13.4. The van der Waals surface area contributed by atoms with Gasteiger partial charge in [-0.15, -0.1) is 11.8 Å². The molecule has 0 aromatic heterocycles. The zero-order chi connectivity index (χ0) is 19.7. The molecule has 4 amide bonds. The summed E-state index contributed by atoms with van der Waals surface area (Å²) >= 11 is 7.27. The van der Waals surface area contributed by atoms with Gasteiger partial charge in [0.25, 0.3) is 5.91 Å². The molecule has 2 aliphatic heterocycles. The van der Waals surface area contributed by atoms with Crippen LogP contribution in [0.15, 0.2) is 29.7 Å². The first-order chi connectivity index (χ1) is 12.8. The summed E-state index contributed by atoms with van der Waals surface area (Å²) in [6, 6.07) is 3.09. The zero-order valence-electron chi connectivity index (χ0n) is 14.7. The van der Waals surface area contributed by atoms with E-state index in [4.69, 9.17) is 11.6 Å². The lowest BCUT2D eigenvalue weighted by atomic mass is 10.1. The topological polar surface area (TPSA) is 69.5 Å². The molecule has 1 aromatic carbocycles. The quantitative estimate of drug-likeness (QED) is 0.757. The second-order valence-electron chi connectivity index (χ2n) is 6.63. The maximum absolute atomic E-state index is 13.4. The molecule has 2 heterocycles. The van der Waals surface area contributed by atoms with Crippen LogP contribution in [0, 0.1) is 11.7 Å². The summed E-state index contributed by atoms with van der Waals surface area (Å²) in [4.78, 5) is 39.1.